The lowest BCUT2D eigenvalue weighted by Crippen LogP contribution is -2.43. The third kappa shape index (κ3) is 5.51. The van der Waals surface area contributed by atoms with Crippen LogP contribution in [0.1, 0.15) is 27.8 Å². The Morgan fingerprint density at radius 2 is 1.66 bits per heavy atom. The van der Waals surface area contributed by atoms with Crippen LogP contribution in [-0.2, 0) is 17.9 Å². The van der Waals surface area contributed by atoms with Crippen molar-refractivity contribution in [2.45, 2.75) is 33.9 Å². The second kappa shape index (κ2) is 10.7. The average Bonchev–Trinajstić information content (AvgIpc) is 2.77. The van der Waals surface area contributed by atoms with Crippen LogP contribution in [0.2, 0.25) is 0 Å². The molecule has 1 aromatic heterocycles. The van der Waals surface area contributed by atoms with Gasteiger partial charge in [0.25, 0.3) is 6.47 Å². The zero-order valence-electron chi connectivity index (χ0n) is 19.4. The first kappa shape index (κ1) is 23.9. The van der Waals surface area contributed by atoms with Crippen molar-refractivity contribution in [3.05, 3.63) is 64.2 Å². The summed E-state index contributed by atoms with van der Waals surface area (Å²) in [6, 6.07) is 12.9. The smallest absolute Gasteiger partial charge is 0.290 e. The van der Waals surface area contributed by atoms with Crippen molar-refractivity contribution in [2.75, 3.05) is 33.2 Å². The van der Waals surface area contributed by atoms with Gasteiger partial charge >= 0.3 is 0 Å². The average molecular weight is 436 g/mol. The van der Waals surface area contributed by atoms with Crippen LogP contribution >= 0.6 is 0 Å². The molecule has 2 aromatic carbocycles. The second-order valence-corrected chi connectivity index (χ2v) is 8.61. The fourth-order valence-corrected chi connectivity index (χ4v) is 4.27. The molecule has 0 unspecified atom stereocenters. The Labute approximate surface area is 190 Å². The van der Waals surface area contributed by atoms with E-state index in [1.54, 1.807) is 0 Å². The first-order valence-electron chi connectivity index (χ1n) is 11.0. The number of aliphatic hydroxyl groups is 1. The lowest BCUT2D eigenvalue weighted by atomic mass is 9.95. The fourth-order valence-electron chi connectivity index (χ4n) is 4.27. The molecular formula is C26H33N3O3. The Bertz CT molecular complexity index is 1090. The van der Waals surface area contributed by atoms with E-state index in [0.717, 1.165) is 54.9 Å². The van der Waals surface area contributed by atoms with E-state index in [-0.39, 0.29) is 13.1 Å². The van der Waals surface area contributed by atoms with Crippen molar-refractivity contribution < 1.29 is 15.0 Å². The van der Waals surface area contributed by atoms with E-state index in [9.17, 15) is 5.11 Å². The molecule has 4 rings (SSSR count). The van der Waals surface area contributed by atoms with E-state index in [2.05, 4.69) is 61.9 Å². The van der Waals surface area contributed by atoms with Gasteiger partial charge in [0, 0.05) is 43.7 Å². The molecule has 2 N–H and O–H groups in total. The van der Waals surface area contributed by atoms with Gasteiger partial charge in [-0.1, -0.05) is 18.2 Å². The molecule has 0 spiro atoms. The van der Waals surface area contributed by atoms with Gasteiger partial charge in [0.15, 0.2) is 0 Å². The van der Waals surface area contributed by atoms with Crippen LogP contribution < -0.4 is 0 Å². The summed E-state index contributed by atoms with van der Waals surface area (Å²) in [5.74, 6) is 0. The SMILES string of the molecule is Cc1cc(C)c(-c2cc(C)c3ccc(CO)cc3n2)cc1CN1CCN(C)CC1.O=CO. The third-order valence-electron chi connectivity index (χ3n) is 6.21. The fraction of sp³-hybridized carbons (Fsp3) is 0.385. The van der Waals surface area contributed by atoms with Crippen molar-refractivity contribution >= 4 is 17.4 Å². The van der Waals surface area contributed by atoms with Crippen molar-refractivity contribution in [2.24, 2.45) is 0 Å². The van der Waals surface area contributed by atoms with Crippen LogP contribution in [0.5, 0.6) is 0 Å². The second-order valence-electron chi connectivity index (χ2n) is 8.61. The number of carbonyl (C=O) groups is 1. The first-order chi connectivity index (χ1) is 15.4. The molecule has 2 heterocycles. The van der Waals surface area contributed by atoms with Crippen LogP contribution in [-0.4, -0.2) is 64.7 Å². The predicted octanol–water partition coefficient (Wildman–Crippen LogP) is 3.77. The van der Waals surface area contributed by atoms with Crippen LogP contribution in [0, 0.1) is 20.8 Å². The first-order valence-corrected chi connectivity index (χ1v) is 11.0. The van der Waals surface area contributed by atoms with E-state index in [1.807, 2.05) is 12.1 Å². The number of aryl methyl sites for hydroxylation is 3. The Morgan fingerprint density at radius 3 is 2.31 bits per heavy atom. The van der Waals surface area contributed by atoms with Gasteiger partial charge in [0.05, 0.1) is 17.8 Å². The molecule has 3 aromatic rings. The molecule has 0 saturated carbocycles. The summed E-state index contributed by atoms with van der Waals surface area (Å²) in [6.45, 7) is 11.8. The topological polar surface area (TPSA) is 76.9 Å². The van der Waals surface area contributed by atoms with Crippen molar-refractivity contribution in [1.82, 2.24) is 14.8 Å². The zero-order valence-corrected chi connectivity index (χ0v) is 19.4. The summed E-state index contributed by atoms with van der Waals surface area (Å²) in [7, 11) is 2.20. The number of pyridine rings is 1. The van der Waals surface area contributed by atoms with Gasteiger partial charge in [-0.3, -0.25) is 9.69 Å². The van der Waals surface area contributed by atoms with Crippen LogP contribution in [0.15, 0.2) is 36.4 Å². The molecule has 1 aliphatic heterocycles. The number of nitrogens with zero attached hydrogens (tertiary/aromatic N) is 3. The van der Waals surface area contributed by atoms with E-state index in [1.165, 1.54) is 27.8 Å². The van der Waals surface area contributed by atoms with E-state index < -0.39 is 0 Å². The number of piperazine rings is 1. The molecule has 1 saturated heterocycles. The molecule has 170 valence electrons. The van der Waals surface area contributed by atoms with Crippen molar-refractivity contribution in [3.63, 3.8) is 0 Å². The minimum Gasteiger partial charge on any atom is -0.483 e. The summed E-state index contributed by atoms with van der Waals surface area (Å²) in [6.07, 6.45) is 0. The maximum absolute atomic E-state index is 9.50. The summed E-state index contributed by atoms with van der Waals surface area (Å²) in [5.41, 5.74) is 9.29. The maximum atomic E-state index is 9.50. The summed E-state index contributed by atoms with van der Waals surface area (Å²) in [5, 5.41) is 17.5. The highest BCUT2D eigenvalue weighted by Crippen LogP contribution is 2.30. The zero-order chi connectivity index (χ0) is 23.3. The van der Waals surface area contributed by atoms with Crippen LogP contribution in [0.3, 0.4) is 0 Å². The Kier molecular flexibility index (Phi) is 7.96. The molecular weight excluding hydrogens is 402 g/mol. The molecule has 0 aliphatic carbocycles. The number of aliphatic hydroxyl groups excluding tert-OH is 1. The molecule has 0 amide bonds. The number of benzene rings is 2. The Balaban J connectivity index is 0.000000913. The Hall–Kier alpha value is -2.80. The van der Waals surface area contributed by atoms with Gasteiger partial charge in [0.2, 0.25) is 0 Å². The lowest BCUT2D eigenvalue weighted by molar-refractivity contribution is -0.122. The highest BCUT2D eigenvalue weighted by molar-refractivity contribution is 5.86. The number of carboxylic acid groups (broad SMARTS) is 1. The van der Waals surface area contributed by atoms with Crippen LogP contribution in [0.25, 0.3) is 22.2 Å². The van der Waals surface area contributed by atoms with E-state index in [4.69, 9.17) is 14.9 Å². The summed E-state index contributed by atoms with van der Waals surface area (Å²) < 4.78 is 0. The van der Waals surface area contributed by atoms with E-state index in [0.29, 0.717) is 0 Å². The van der Waals surface area contributed by atoms with Crippen LogP contribution in [0.4, 0.5) is 0 Å². The predicted molar refractivity (Wildman–Crippen MR) is 129 cm³/mol. The third-order valence-corrected chi connectivity index (χ3v) is 6.21. The quantitative estimate of drug-likeness (QED) is 0.608. The summed E-state index contributed by atoms with van der Waals surface area (Å²) >= 11 is 0. The van der Waals surface area contributed by atoms with Crippen molar-refractivity contribution in [1.29, 1.82) is 0 Å². The highest BCUT2D eigenvalue weighted by atomic mass is 16.3. The van der Waals surface area contributed by atoms with Gasteiger partial charge in [-0.25, -0.2) is 4.98 Å². The molecule has 1 fully saturated rings. The number of likely N-dealkylation sites (N-methyl/N-ethyl adjacent to an activating group) is 1. The minimum absolute atomic E-state index is 0.0413. The molecule has 1 aliphatic rings. The molecule has 6 nitrogen and oxygen atoms in total. The van der Waals surface area contributed by atoms with Gasteiger partial charge in [-0.2, -0.15) is 0 Å². The van der Waals surface area contributed by atoms with Gasteiger partial charge < -0.3 is 15.1 Å². The number of rotatable bonds is 4. The molecule has 0 bridgehead atoms. The minimum atomic E-state index is -0.250. The maximum Gasteiger partial charge on any atom is 0.290 e. The molecule has 32 heavy (non-hydrogen) atoms. The highest BCUT2D eigenvalue weighted by Gasteiger charge is 2.16. The lowest BCUT2D eigenvalue weighted by Gasteiger charge is -2.32. The molecule has 6 heteroatoms. The number of fused-ring (bicyclic) bond motifs is 1. The van der Waals surface area contributed by atoms with Gasteiger partial charge in [-0.15, -0.1) is 0 Å². The number of aromatic nitrogens is 1. The molecule has 0 radical (unpaired) electrons. The van der Waals surface area contributed by atoms with Gasteiger partial charge in [-0.05, 0) is 73.8 Å². The number of hydrogen-bond acceptors (Lipinski definition) is 5. The van der Waals surface area contributed by atoms with E-state index >= 15 is 0 Å². The normalized spacial score (nSPS) is 14.8. The van der Waals surface area contributed by atoms with Crippen molar-refractivity contribution in [3.8, 4) is 11.3 Å². The Morgan fingerprint density at radius 1 is 0.969 bits per heavy atom. The standard InChI is InChI=1S/C25H31N3O.CH2O2/c1-17-11-18(2)23(14-21(17)15-28-9-7-27(4)8-10-28)24-12-19(3)22-6-5-20(16-29)13-25(22)26-24;2-1-3/h5-6,11-14,29H,7-10,15-16H2,1-4H3;1H,(H,2,3). The summed E-state index contributed by atoms with van der Waals surface area (Å²) in [4.78, 5) is 18.3. The van der Waals surface area contributed by atoms with Gasteiger partial charge in [0.1, 0.15) is 0 Å². The largest absolute Gasteiger partial charge is 0.483 e. The number of hydrogen-bond donors (Lipinski definition) is 2. The molecule has 0 atom stereocenters. The monoisotopic (exact) mass is 435 g/mol.